The van der Waals surface area contributed by atoms with Gasteiger partial charge in [-0.15, -0.1) is 6.42 Å². The molecule has 2 fully saturated rings. The molecular formula is C17H29N3O. The summed E-state index contributed by atoms with van der Waals surface area (Å²) in [5.74, 6) is 3.22. The number of carbonyl (C=O) groups excluding carboxylic acids is 1. The molecule has 0 radical (unpaired) electrons. The fourth-order valence-electron chi connectivity index (χ4n) is 3.50. The molecule has 0 bridgehead atoms. The number of urea groups is 1. The van der Waals surface area contributed by atoms with Gasteiger partial charge in [-0.05, 0) is 58.0 Å². The molecule has 0 saturated carbocycles. The smallest absolute Gasteiger partial charge is 0.318 e. The Bertz CT molecular complexity index is 369. The van der Waals surface area contributed by atoms with Crippen LogP contribution in [0.4, 0.5) is 4.79 Å². The molecule has 4 heteroatoms. The van der Waals surface area contributed by atoms with Gasteiger partial charge in [0.25, 0.3) is 0 Å². The first-order valence-corrected chi connectivity index (χ1v) is 8.41. The van der Waals surface area contributed by atoms with E-state index in [9.17, 15) is 4.79 Å². The van der Waals surface area contributed by atoms with E-state index >= 15 is 0 Å². The summed E-state index contributed by atoms with van der Waals surface area (Å²) in [5, 5.41) is 2.75. The zero-order valence-corrected chi connectivity index (χ0v) is 13.3. The molecule has 0 spiro atoms. The van der Waals surface area contributed by atoms with E-state index < -0.39 is 0 Å². The van der Waals surface area contributed by atoms with Crippen molar-refractivity contribution in [2.75, 3.05) is 32.7 Å². The van der Waals surface area contributed by atoms with Crippen LogP contribution in [-0.4, -0.2) is 54.6 Å². The lowest BCUT2D eigenvalue weighted by Gasteiger charge is -2.36. The van der Waals surface area contributed by atoms with Gasteiger partial charge in [0.05, 0.1) is 6.54 Å². The monoisotopic (exact) mass is 291 g/mol. The highest BCUT2D eigenvalue weighted by atomic mass is 16.2. The van der Waals surface area contributed by atoms with Gasteiger partial charge in [0.1, 0.15) is 0 Å². The molecule has 2 saturated heterocycles. The van der Waals surface area contributed by atoms with E-state index in [4.69, 9.17) is 6.42 Å². The van der Waals surface area contributed by atoms with E-state index in [0.29, 0.717) is 6.54 Å². The molecule has 0 aliphatic carbocycles. The second kappa shape index (κ2) is 8.29. The Morgan fingerprint density at radius 2 is 2.00 bits per heavy atom. The maximum atomic E-state index is 11.8. The van der Waals surface area contributed by atoms with Gasteiger partial charge in [0.15, 0.2) is 0 Å². The van der Waals surface area contributed by atoms with Crippen LogP contribution < -0.4 is 5.32 Å². The molecule has 0 aromatic heterocycles. The molecule has 1 unspecified atom stereocenters. The largest absolute Gasteiger partial charge is 0.327 e. The predicted molar refractivity (Wildman–Crippen MR) is 86.0 cm³/mol. The number of carbonyl (C=O) groups is 1. The van der Waals surface area contributed by atoms with Gasteiger partial charge >= 0.3 is 6.03 Å². The third-order valence-electron chi connectivity index (χ3n) is 5.01. The highest BCUT2D eigenvalue weighted by molar-refractivity contribution is 5.74. The van der Waals surface area contributed by atoms with Crippen LogP contribution >= 0.6 is 0 Å². The summed E-state index contributed by atoms with van der Waals surface area (Å²) in [4.78, 5) is 16.4. The molecule has 1 N–H and O–H groups in total. The third-order valence-corrected chi connectivity index (χ3v) is 5.01. The molecule has 2 heterocycles. The Hall–Kier alpha value is -1.21. The Labute approximate surface area is 129 Å². The summed E-state index contributed by atoms with van der Waals surface area (Å²) in [7, 11) is 0. The normalized spacial score (nSPS) is 24.6. The number of hydrogen-bond donors (Lipinski definition) is 1. The van der Waals surface area contributed by atoms with Gasteiger partial charge in [-0.2, -0.15) is 0 Å². The van der Waals surface area contributed by atoms with Crippen LogP contribution in [-0.2, 0) is 0 Å². The minimum Gasteiger partial charge on any atom is -0.327 e. The zero-order chi connectivity index (χ0) is 15.1. The van der Waals surface area contributed by atoms with Gasteiger partial charge in [-0.1, -0.05) is 12.3 Å². The minimum atomic E-state index is -0.00365. The number of nitrogens with zero attached hydrogens (tertiary/aromatic N) is 2. The fourth-order valence-corrected chi connectivity index (χ4v) is 3.50. The highest BCUT2D eigenvalue weighted by Gasteiger charge is 2.24. The third kappa shape index (κ3) is 4.93. The summed E-state index contributed by atoms with van der Waals surface area (Å²) < 4.78 is 0. The average Bonchev–Trinajstić information content (AvgIpc) is 2.52. The Morgan fingerprint density at radius 3 is 2.67 bits per heavy atom. The summed E-state index contributed by atoms with van der Waals surface area (Å²) >= 11 is 0. The zero-order valence-electron chi connectivity index (χ0n) is 13.3. The summed E-state index contributed by atoms with van der Waals surface area (Å²) in [6.45, 7) is 6.93. The van der Waals surface area contributed by atoms with Gasteiger partial charge in [0.2, 0.25) is 0 Å². The van der Waals surface area contributed by atoms with Crippen LogP contribution in [0.15, 0.2) is 0 Å². The first-order valence-electron chi connectivity index (χ1n) is 8.41. The maximum absolute atomic E-state index is 11.8. The summed E-state index contributed by atoms with van der Waals surface area (Å²) in [6.07, 6.45) is 12.8. The predicted octanol–water partition coefficient (Wildman–Crippen LogP) is 2.31. The number of terminal acetylenes is 1. The molecule has 0 aromatic carbocycles. The lowest BCUT2D eigenvalue weighted by atomic mass is 9.92. The standard InChI is InChI=1S/C17H29N3O/c1-3-10-18-17(21)20-13-8-16(9-14-20)7-12-19-11-5-4-6-15(19)2/h1,15-16H,4-14H2,2H3,(H,18,21). The van der Waals surface area contributed by atoms with Crippen LogP contribution in [0.3, 0.4) is 0 Å². The molecule has 21 heavy (non-hydrogen) atoms. The van der Waals surface area contributed by atoms with Gasteiger partial charge in [-0.3, -0.25) is 0 Å². The molecule has 4 nitrogen and oxygen atoms in total. The molecule has 2 aliphatic heterocycles. The van der Waals surface area contributed by atoms with Crippen molar-refractivity contribution in [3.63, 3.8) is 0 Å². The number of nitrogens with one attached hydrogen (secondary N) is 1. The summed E-state index contributed by atoms with van der Waals surface area (Å²) in [5.41, 5.74) is 0. The van der Waals surface area contributed by atoms with Gasteiger partial charge < -0.3 is 15.1 Å². The number of amides is 2. The Kier molecular flexibility index (Phi) is 6.38. The van der Waals surface area contributed by atoms with E-state index in [-0.39, 0.29) is 6.03 Å². The Balaban J connectivity index is 1.65. The van der Waals surface area contributed by atoms with Crippen molar-refractivity contribution in [3.8, 4) is 12.3 Å². The van der Waals surface area contributed by atoms with Crippen molar-refractivity contribution in [1.82, 2.24) is 15.1 Å². The SMILES string of the molecule is C#CCNC(=O)N1CCC(CCN2CCCCC2C)CC1. The van der Waals surface area contributed by atoms with Crippen molar-refractivity contribution < 1.29 is 4.79 Å². The van der Waals surface area contributed by atoms with Gasteiger partial charge in [0, 0.05) is 19.1 Å². The minimum absolute atomic E-state index is 0.00365. The average molecular weight is 291 g/mol. The van der Waals surface area contributed by atoms with Crippen molar-refractivity contribution in [3.05, 3.63) is 0 Å². The van der Waals surface area contributed by atoms with E-state index in [2.05, 4.69) is 23.1 Å². The molecule has 0 aromatic rings. The lowest BCUT2D eigenvalue weighted by molar-refractivity contribution is 0.132. The van der Waals surface area contributed by atoms with Crippen molar-refractivity contribution in [1.29, 1.82) is 0 Å². The van der Waals surface area contributed by atoms with Crippen LogP contribution in [0, 0.1) is 18.3 Å². The molecule has 118 valence electrons. The number of hydrogen-bond acceptors (Lipinski definition) is 2. The van der Waals surface area contributed by atoms with E-state index in [1.165, 1.54) is 38.8 Å². The van der Waals surface area contributed by atoms with E-state index in [1.54, 1.807) is 0 Å². The van der Waals surface area contributed by atoms with E-state index in [0.717, 1.165) is 37.9 Å². The quantitative estimate of drug-likeness (QED) is 0.807. The molecule has 1 atom stereocenters. The lowest BCUT2D eigenvalue weighted by Crippen LogP contribution is -2.45. The Morgan fingerprint density at radius 1 is 1.24 bits per heavy atom. The molecule has 2 aliphatic rings. The van der Waals surface area contributed by atoms with Crippen molar-refractivity contribution in [2.45, 2.75) is 51.5 Å². The topological polar surface area (TPSA) is 35.6 Å². The highest BCUT2D eigenvalue weighted by Crippen LogP contribution is 2.23. The number of rotatable bonds is 4. The second-order valence-electron chi connectivity index (χ2n) is 6.46. The molecule has 2 amide bonds. The number of likely N-dealkylation sites (tertiary alicyclic amines) is 2. The number of piperidine rings is 2. The van der Waals surface area contributed by atoms with Crippen LogP contribution in [0.2, 0.25) is 0 Å². The van der Waals surface area contributed by atoms with Crippen molar-refractivity contribution >= 4 is 6.03 Å². The molecular weight excluding hydrogens is 262 g/mol. The van der Waals surface area contributed by atoms with Crippen LogP contribution in [0.25, 0.3) is 0 Å². The second-order valence-corrected chi connectivity index (χ2v) is 6.46. The van der Waals surface area contributed by atoms with Crippen LogP contribution in [0.1, 0.15) is 45.4 Å². The van der Waals surface area contributed by atoms with Gasteiger partial charge in [-0.25, -0.2) is 4.79 Å². The molecule has 2 rings (SSSR count). The maximum Gasteiger partial charge on any atom is 0.318 e. The first-order chi connectivity index (χ1) is 10.2. The van der Waals surface area contributed by atoms with Crippen molar-refractivity contribution in [2.24, 2.45) is 5.92 Å². The summed E-state index contributed by atoms with van der Waals surface area (Å²) in [6, 6.07) is 0.754. The van der Waals surface area contributed by atoms with E-state index in [1.807, 2.05) is 4.90 Å². The first kappa shape index (κ1) is 16.2. The van der Waals surface area contributed by atoms with Crippen LogP contribution in [0.5, 0.6) is 0 Å². The fraction of sp³-hybridized carbons (Fsp3) is 0.824.